The Morgan fingerprint density at radius 2 is 1.94 bits per heavy atom. The van der Waals surface area contributed by atoms with Gasteiger partial charge in [0, 0.05) is 17.3 Å². The minimum Gasteiger partial charge on any atom is -0.478 e. The fraction of sp³-hybridized carbons (Fsp3) is 0.231. The lowest BCUT2D eigenvalue weighted by Gasteiger charge is -2.08. The van der Waals surface area contributed by atoms with Crippen LogP contribution in [0.1, 0.15) is 18.1 Å². The van der Waals surface area contributed by atoms with Gasteiger partial charge in [0.05, 0.1) is 0 Å². The monoisotopic (exact) mass is 233 g/mol. The highest BCUT2D eigenvalue weighted by Crippen LogP contribution is 2.17. The number of carbonyl (C=O) groups is 2. The van der Waals surface area contributed by atoms with Crippen molar-refractivity contribution >= 4 is 17.6 Å². The molecule has 1 aromatic rings. The average molecular weight is 233 g/mol. The fourth-order valence-electron chi connectivity index (χ4n) is 1.31. The number of benzene rings is 1. The third kappa shape index (κ3) is 3.45. The van der Waals surface area contributed by atoms with E-state index in [1.165, 1.54) is 6.92 Å². The van der Waals surface area contributed by atoms with Crippen LogP contribution in [0.4, 0.5) is 5.69 Å². The number of rotatable bonds is 3. The SMILES string of the molecule is C/C(=C\C(=O)Nc1cccc(C)c1C)C(=O)O. The smallest absolute Gasteiger partial charge is 0.331 e. The maximum Gasteiger partial charge on any atom is 0.331 e. The highest BCUT2D eigenvalue weighted by atomic mass is 16.4. The summed E-state index contributed by atoms with van der Waals surface area (Å²) in [7, 11) is 0. The minimum atomic E-state index is -1.10. The van der Waals surface area contributed by atoms with Gasteiger partial charge in [0.25, 0.3) is 0 Å². The molecule has 1 amide bonds. The average Bonchev–Trinajstić information content (AvgIpc) is 2.24. The molecular formula is C13H15NO3. The van der Waals surface area contributed by atoms with Crippen molar-refractivity contribution in [2.45, 2.75) is 20.8 Å². The number of hydrogen-bond donors (Lipinski definition) is 2. The number of carboxylic acid groups (broad SMARTS) is 1. The third-order valence-electron chi connectivity index (χ3n) is 2.55. The van der Waals surface area contributed by atoms with Gasteiger partial charge in [0.1, 0.15) is 0 Å². The van der Waals surface area contributed by atoms with E-state index in [2.05, 4.69) is 5.32 Å². The molecule has 90 valence electrons. The number of anilines is 1. The molecule has 1 aromatic carbocycles. The van der Waals surface area contributed by atoms with E-state index < -0.39 is 11.9 Å². The third-order valence-corrected chi connectivity index (χ3v) is 2.55. The van der Waals surface area contributed by atoms with Crippen LogP contribution in [-0.4, -0.2) is 17.0 Å². The summed E-state index contributed by atoms with van der Waals surface area (Å²) < 4.78 is 0. The van der Waals surface area contributed by atoms with Gasteiger partial charge in [-0.3, -0.25) is 4.79 Å². The van der Waals surface area contributed by atoms with Crippen LogP contribution in [-0.2, 0) is 9.59 Å². The van der Waals surface area contributed by atoms with Gasteiger partial charge in [0.2, 0.25) is 5.91 Å². The molecule has 2 N–H and O–H groups in total. The second kappa shape index (κ2) is 5.30. The number of carboxylic acids is 1. The van der Waals surface area contributed by atoms with Crippen LogP contribution >= 0.6 is 0 Å². The summed E-state index contributed by atoms with van der Waals surface area (Å²) >= 11 is 0. The molecule has 0 atom stereocenters. The largest absolute Gasteiger partial charge is 0.478 e. The predicted octanol–water partition coefficient (Wildman–Crippen LogP) is 2.27. The van der Waals surface area contributed by atoms with Crippen molar-refractivity contribution in [3.63, 3.8) is 0 Å². The Morgan fingerprint density at radius 3 is 2.53 bits per heavy atom. The first-order chi connectivity index (χ1) is 7.91. The Kier molecular flexibility index (Phi) is 4.04. The van der Waals surface area contributed by atoms with E-state index in [4.69, 9.17) is 5.11 Å². The van der Waals surface area contributed by atoms with Crippen molar-refractivity contribution in [3.8, 4) is 0 Å². The van der Waals surface area contributed by atoms with Gasteiger partial charge in [-0.15, -0.1) is 0 Å². The molecule has 0 fully saturated rings. The molecule has 1 rings (SSSR count). The number of aryl methyl sites for hydroxylation is 1. The summed E-state index contributed by atoms with van der Waals surface area (Å²) in [5.74, 6) is -1.53. The van der Waals surface area contributed by atoms with E-state index in [-0.39, 0.29) is 5.57 Å². The summed E-state index contributed by atoms with van der Waals surface area (Å²) in [5, 5.41) is 11.3. The molecule has 0 aliphatic heterocycles. The van der Waals surface area contributed by atoms with Crippen LogP contribution in [0.3, 0.4) is 0 Å². The zero-order chi connectivity index (χ0) is 13.0. The van der Waals surface area contributed by atoms with Gasteiger partial charge >= 0.3 is 5.97 Å². The second-order valence-electron chi connectivity index (χ2n) is 3.87. The van der Waals surface area contributed by atoms with Crippen molar-refractivity contribution in [2.75, 3.05) is 5.32 Å². The molecule has 0 aliphatic carbocycles. The van der Waals surface area contributed by atoms with Crippen molar-refractivity contribution in [1.82, 2.24) is 0 Å². The molecule has 0 aliphatic rings. The summed E-state index contributed by atoms with van der Waals surface area (Å²) in [6, 6.07) is 5.57. The first kappa shape index (κ1) is 13.0. The molecule has 0 bridgehead atoms. The summed E-state index contributed by atoms with van der Waals surface area (Å²) in [5.41, 5.74) is 2.75. The quantitative estimate of drug-likeness (QED) is 0.787. The van der Waals surface area contributed by atoms with Gasteiger partial charge in [-0.1, -0.05) is 12.1 Å². The number of carbonyl (C=O) groups excluding carboxylic acids is 1. The topological polar surface area (TPSA) is 66.4 Å². The number of nitrogens with one attached hydrogen (secondary N) is 1. The Bertz CT molecular complexity index is 489. The van der Waals surface area contributed by atoms with Crippen molar-refractivity contribution in [2.24, 2.45) is 0 Å². The van der Waals surface area contributed by atoms with Gasteiger partial charge in [-0.05, 0) is 38.0 Å². The predicted molar refractivity (Wildman–Crippen MR) is 65.9 cm³/mol. The molecular weight excluding hydrogens is 218 g/mol. The molecule has 0 aromatic heterocycles. The molecule has 0 radical (unpaired) electrons. The lowest BCUT2D eigenvalue weighted by atomic mass is 10.1. The number of hydrogen-bond acceptors (Lipinski definition) is 2. The van der Waals surface area contributed by atoms with Crippen molar-refractivity contribution in [3.05, 3.63) is 41.0 Å². The molecule has 0 heterocycles. The maximum atomic E-state index is 11.5. The first-order valence-corrected chi connectivity index (χ1v) is 5.20. The van der Waals surface area contributed by atoms with Crippen LogP contribution in [0.25, 0.3) is 0 Å². The fourth-order valence-corrected chi connectivity index (χ4v) is 1.31. The standard InChI is InChI=1S/C13H15NO3/c1-8-5-4-6-11(10(8)3)14-12(15)7-9(2)13(16)17/h4-7H,1-3H3,(H,14,15)(H,16,17)/b9-7+. The van der Waals surface area contributed by atoms with Crippen LogP contribution in [0, 0.1) is 13.8 Å². The summed E-state index contributed by atoms with van der Waals surface area (Å²) in [4.78, 5) is 22.1. The Balaban J connectivity index is 2.86. The van der Waals surface area contributed by atoms with E-state index in [0.29, 0.717) is 5.69 Å². The van der Waals surface area contributed by atoms with E-state index >= 15 is 0 Å². The zero-order valence-corrected chi connectivity index (χ0v) is 10.1. The number of aliphatic carboxylic acids is 1. The maximum absolute atomic E-state index is 11.5. The lowest BCUT2D eigenvalue weighted by Crippen LogP contribution is -2.11. The van der Waals surface area contributed by atoms with E-state index in [1.54, 1.807) is 6.07 Å². The minimum absolute atomic E-state index is 0.00723. The summed E-state index contributed by atoms with van der Waals surface area (Å²) in [6.45, 7) is 5.23. The highest BCUT2D eigenvalue weighted by molar-refractivity contribution is 6.04. The Morgan fingerprint density at radius 1 is 1.29 bits per heavy atom. The number of amides is 1. The van der Waals surface area contributed by atoms with Gasteiger partial charge < -0.3 is 10.4 Å². The second-order valence-corrected chi connectivity index (χ2v) is 3.87. The van der Waals surface area contributed by atoms with Gasteiger partial charge in [0.15, 0.2) is 0 Å². The van der Waals surface area contributed by atoms with Gasteiger partial charge in [-0.25, -0.2) is 4.79 Å². The van der Waals surface area contributed by atoms with Crippen LogP contribution in [0.15, 0.2) is 29.8 Å². The normalized spacial score (nSPS) is 11.1. The Labute approximate surface area is 100.0 Å². The first-order valence-electron chi connectivity index (χ1n) is 5.20. The summed E-state index contributed by atoms with van der Waals surface area (Å²) in [6.07, 6.45) is 1.07. The van der Waals surface area contributed by atoms with E-state index in [9.17, 15) is 9.59 Å². The lowest BCUT2D eigenvalue weighted by molar-refractivity contribution is -0.132. The highest BCUT2D eigenvalue weighted by Gasteiger charge is 2.06. The zero-order valence-electron chi connectivity index (χ0n) is 10.1. The molecule has 17 heavy (non-hydrogen) atoms. The van der Waals surface area contributed by atoms with Crippen molar-refractivity contribution in [1.29, 1.82) is 0 Å². The molecule has 0 saturated carbocycles. The molecule has 0 unspecified atom stereocenters. The molecule has 0 saturated heterocycles. The molecule has 0 spiro atoms. The van der Waals surface area contributed by atoms with E-state index in [1.807, 2.05) is 26.0 Å². The van der Waals surface area contributed by atoms with Crippen LogP contribution in [0.5, 0.6) is 0 Å². The Hall–Kier alpha value is -2.10. The van der Waals surface area contributed by atoms with Crippen LogP contribution < -0.4 is 5.32 Å². The van der Waals surface area contributed by atoms with Gasteiger partial charge in [-0.2, -0.15) is 0 Å². The van der Waals surface area contributed by atoms with Crippen molar-refractivity contribution < 1.29 is 14.7 Å². The van der Waals surface area contributed by atoms with E-state index in [0.717, 1.165) is 17.2 Å². The van der Waals surface area contributed by atoms with Crippen LogP contribution in [0.2, 0.25) is 0 Å². The molecule has 4 nitrogen and oxygen atoms in total. The molecule has 4 heteroatoms.